The third-order valence-corrected chi connectivity index (χ3v) is 4.56. The summed E-state index contributed by atoms with van der Waals surface area (Å²) < 4.78 is 5.21. The Morgan fingerprint density at radius 3 is 2.91 bits per heavy atom. The summed E-state index contributed by atoms with van der Waals surface area (Å²) in [6.07, 6.45) is 1.55. The van der Waals surface area contributed by atoms with Gasteiger partial charge in [-0.05, 0) is 18.2 Å². The monoisotopic (exact) mass is 348 g/mol. The van der Waals surface area contributed by atoms with Crippen molar-refractivity contribution in [2.24, 2.45) is 0 Å². The minimum absolute atomic E-state index is 0.0983. The number of anilines is 1. The predicted octanol–water partition coefficient (Wildman–Crippen LogP) is 2.92. The lowest BCUT2D eigenvalue weighted by Crippen LogP contribution is -2.39. The highest BCUT2D eigenvalue weighted by Gasteiger charge is 2.26. The molecule has 0 unspecified atom stereocenters. The SMILES string of the molecule is O=C(CN1C(=O)CSc2ccccc21)OCc1ccc(Cl)nc1. The number of rotatable bonds is 4. The zero-order valence-electron chi connectivity index (χ0n) is 12.1. The van der Waals surface area contributed by atoms with Crippen molar-refractivity contribution in [3.05, 3.63) is 53.3 Å². The number of pyridine rings is 1. The summed E-state index contributed by atoms with van der Waals surface area (Å²) in [5.41, 5.74) is 1.49. The van der Waals surface area contributed by atoms with Gasteiger partial charge in [0.15, 0.2) is 0 Å². The summed E-state index contributed by atoms with van der Waals surface area (Å²) in [4.78, 5) is 30.5. The fourth-order valence-electron chi connectivity index (χ4n) is 2.16. The van der Waals surface area contributed by atoms with Crippen LogP contribution in [-0.2, 0) is 20.9 Å². The number of benzene rings is 1. The largest absolute Gasteiger partial charge is 0.459 e. The minimum atomic E-state index is -0.463. The van der Waals surface area contributed by atoms with Crippen molar-refractivity contribution < 1.29 is 14.3 Å². The summed E-state index contributed by atoms with van der Waals surface area (Å²) in [6, 6.07) is 10.9. The molecule has 2 aromatic rings. The number of hydrogen-bond donors (Lipinski definition) is 0. The average molecular weight is 349 g/mol. The van der Waals surface area contributed by atoms with Crippen LogP contribution in [0.15, 0.2) is 47.5 Å². The number of ether oxygens (including phenoxy) is 1. The second-order valence-electron chi connectivity index (χ2n) is 4.89. The molecule has 23 heavy (non-hydrogen) atoms. The topological polar surface area (TPSA) is 59.5 Å². The van der Waals surface area contributed by atoms with Gasteiger partial charge in [-0.25, -0.2) is 4.98 Å². The Hall–Kier alpha value is -2.05. The molecule has 0 bridgehead atoms. The molecular formula is C16H13ClN2O3S. The van der Waals surface area contributed by atoms with E-state index in [1.807, 2.05) is 24.3 Å². The molecule has 0 radical (unpaired) electrons. The molecule has 0 N–H and O–H groups in total. The first-order valence-electron chi connectivity index (χ1n) is 6.92. The first-order valence-corrected chi connectivity index (χ1v) is 8.28. The zero-order valence-corrected chi connectivity index (χ0v) is 13.6. The Morgan fingerprint density at radius 1 is 1.30 bits per heavy atom. The van der Waals surface area contributed by atoms with E-state index in [9.17, 15) is 9.59 Å². The number of para-hydroxylation sites is 1. The van der Waals surface area contributed by atoms with Crippen molar-refractivity contribution in [3.63, 3.8) is 0 Å². The molecule has 118 valence electrons. The Balaban J connectivity index is 1.63. The lowest BCUT2D eigenvalue weighted by Gasteiger charge is -2.27. The zero-order chi connectivity index (χ0) is 16.2. The molecule has 7 heteroatoms. The fraction of sp³-hybridized carbons (Fsp3) is 0.188. The van der Waals surface area contributed by atoms with E-state index < -0.39 is 5.97 Å². The lowest BCUT2D eigenvalue weighted by molar-refractivity contribution is -0.144. The summed E-state index contributed by atoms with van der Waals surface area (Å²) in [5.74, 6) is -0.236. The number of carbonyl (C=O) groups excluding carboxylic acids is 2. The molecule has 1 amide bonds. The second kappa shape index (κ2) is 7.02. The fourth-order valence-corrected chi connectivity index (χ4v) is 3.21. The molecule has 0 saturated heterocycles. The van der Waals surface area contributed by atoms with E-state index in [0.29, 0.717) is 10.9 Å². The van der Waals surface area contributed by atoms with Crippen LogP contribution in [0.4, 0.5) is 5.69 Å². The lowest BCUT2D eigenvalue weighted by atomic mass is 10.2. The molecule has 0 atom stereocenters. The van der Waals surface area contributed by atoms with E-state index >= 15 is 0 Å². The van der Waals surface area contributed by atoms with Gasteiger partial charge in [-0.15, -0.1) is 11.8 Å². The predicted molar refractivity (Wildman–Crippen MR) is 88.6 cm³/mol. The molecule has 2 heterocycles. The number of hydrogen-bond acceptors (Lipinski definition) is 5. The van der Waals surface area contributed by atoms with Crippen LogP contribution in [0.2, 0.25) is 5.15 Å². The molecule has 0 saturated carbocycles. The summed E-state index contributed by atoms with van der Waals surface area (Å²) >= 11 is 7.18. The Labute approximate surface area is 142 Å². The molecule has 0 aliphatic carbocycles. The van der Waals surface area contributed by atoms with Gasteiger partial charge in [0.1, 0.15) is 18.3 Å². The molecule has 1 aliphatic rings. The van der Waals surface area contributed by atoms with Crippen LogP contribution in [0.1, 0.15) is 5.56 Å². The number of aromatic nitrogens is 1. The first-order chi connectivity index (χ1) is 11.1. The van der Waals surface area contributed by atoms with Gasteiger partial charge in [0.25, 0.3) is 0 Å². The number of nitrogens with zero attached hydrogens (tertiary/aromatic N) is 2. The van der Waals surface area contributed by atoms with Crippen LogP contribution in [0.25, 0.3) is 0 Å². The molecule has 1 aromatic heterocycles. The first kappa shape index (κ1) is 15.8. The van der Waals surface area contributed by atoms with Gasteiger partial charge in [-0.2, -0.15) is 0 Å². The average Bonchev–Trinajstić information content (AvgIpc) is 2.57. The highest BCUT2D eigenvalue weighted by atomic mass is 35.5. The number of fused-ring (bicyclic) bond motifs is 1. The van der Waals surface area contributed by atoms with Crippen LogP contribution in [0.5, 0.6) is 0 Å². The van der Waals surface area contributed by atoms with Crippen molar-refractivity contribution in [3.8, 4) is 0 Å². The summed E-state index contributed by atoms with van der Waals surface area (Å²) in [6.45, 7) is -0.00114. The van der Waals surface area contributed by atoms with Crippen LogP contribution in [-0.4, -0.2) is 29.2 Å². The van der Waals surface area contributed by atoms with Gasteiger partial charge in [0.05, 0.1) is 11.4 Å². The van der Waals surface area contributed by atoms with Gasteiger partial charge >= 0.3 is 5.97 Å². The van der Waals surface area contributed by atoms with E-state index in [1.54, 1.807) is 18.3 Å². The van der Waals surface area contributed by atoms with Crippen molar-refractivity contribution in [1.29, 1.82) is 0 Å². The van der Waals surface area contributed by atoms with Crippen molar-refractivity contribution in [2.75, 3.05) is 17.2 Å². The molecule has 5 nitrogen and oxygen atoms in total. The number of amides is 1. The van der Waals surface area contributed by atoms with E-state index in [-0.39, 0.29) is 19.1 Å². The quantitative estimate of drug-likeness (QED) is 0.628. The van der Waals surface area contributed by atoms with Gasteiger partial charge in [0.2, 0.25) is 5.91 Å². The van der Waals surface area contributed by atoms with Crippen LogP contribution in [0, 0.1) is 0 Å². The van der Waals surface area contributed by atoms with Crippen LogP contribution >= 0.6 is 23.4 Å². The molecule has 3 rings (SSSR count). The molecule has 1 aromatic carbocycles. The number of thioether (sulfide) groups is 1. The number of carbonyl (C=O) groups is 2. The van der Waals surface area contributed by atoms with E-state index in [0.717, 1.165) is 16.1 Å². The standard InChI is InChI=1S/C16H13ClN2O3S/c17-14-6-5-11(7-18-14)9-22-16(21)8-19-12-3-1-2-4-13(12)23-10-15(19)20/h1-7H,8-10H2. The number of esters is 1. The van der Waals surface area contributed by atoms with Crippen molar-refractivity contribution in [2.45, 2.75) is 11.5 Å². The smallest absolute Gasteiger partial charge is 0.326 e. The van der Waals surface area contributed by atoms with Gasteiger partial charge in [-0.1, -0.05) is 29.8 Å². The normalized spacial score (nSPS) is 13.6. The van der Waals surface area contributed by atoms with Gasteiger partial charge in [-0.3, -0.25) is 14.5 Å². The van der Waals surface area contributed by atoms with E-state index in [1.165, 1.54) is 16.7 Å². The van der Waals surface area contributed by atoms with Crippen LogP contribution in [0.3, 0.4) is 0 Å². The van der Waals surface area contributed by atoms with Crippen LogP contribution < -0.4 is 4.90 Å². The second-order valence-corrected chi connectivity index (χ2v) is 6.29. The number of halogens is 1. The third-order valence-electron chi connectivity index (χ3n) is 3.28. The van der Waals surface area contributed by atoms with Gasteiger partial charge < -0.3 is 4.74 Å². The highest BCUT2D eigenvalue weighted by molar-refractivity contribution is 8.00. The minimum Gasteiger partial charge on any atom is -0.459 e. The van der Waals surface area contributed by atoms with E-state index in [4.69, 9.17) is 16.3 Å². The highest BCUT2D eigenvalue weighted by Crippen LogP contribution is 2.34. The van der Waals surface area contributed by atoms with E-state index in [2.05, 4.69) is 4.98 Å². The third kappa shape index (κ3) is 3.83. The van der Waals surface area contributed by atoms with Crippen molar-refractivity contribution in [1.82, 2.24) is 4.98 Å². The summed E-state index contributed by atoms with van der Waals surface area (Å²) in [7, 11) is 0. The Morgan fingerprint density at radius 2 is 2.13 bits per heavy atom. The maximum atomic E-state index is 12.1. The Bertz CT molecular complexity index is 736. The molecular weight excluding hydrogens is 336 g/mol. The summed E-state index contributed by atoms with van der Waals surface area (Å²) in [5, 5.41) is 0.382. The van der Waals surface area contributed by atoms with Crippen molar-refractivity contribution >= 4 is 40.9 Å². The molecule has 1 aliphatic heterocycles. The molecule has 0 spiro atoms. The maximum Gasteiger partial charge on any atom is 0.326 e. The Kier molecular flexibility index (Phi) is 4.83. The molecule has 0 fully saturated rings. The maximum absolute atomic E-state index is 12.1. The van der Waals surface area contributed by atoms with Gasteiger partial charge in [0, 0.05) is 16.7 Å².